The molecule has 0 aromatic carbocycles. The molecular formula is C36H66N9O6+3. The lowest BCUT2D eigenvalue weighted by atomic mass is 10.1. The lowest BCUT2D eigenvalue weighted by molar-refractivity contribution is -0.883. The van der Waals surface area contributed by atoms with Crippen molar-refractivity contribution in [2.75, 3.05) is 101 Å². The number of hydrogen-bond acceptors (Lipinski definition) is 6. The third-order valence-corrected chi connectivity index (χ3v) is 8.99. The van der Waals surface area contributed by atoms with Gasteiger partial charge in [-0.2, -0.15) is 0 Å². The fraction of sp³-hybridized carbons (Fsp3) is 0.667. The first-order valence-electron chi connectivity index (χ1n) is 17.3. The molecule has 0 aromatic heterocycles. The topological polar surface area (TPSA) is 148 Å². The third kappa shape index (κ3) is 12.9. The summed E-state index contributed by atoms with van der Waals surface area (Å²) in [7, 11) is 12.3. The Morgan fingerprint density at radius 2 is 0.667 bits per heavy atom. The zero-order valence-electron chi connectivity index (χ0n) is 33.4. The number of urea groups is 3. The highest BCUT2D eigenvalue weighted by atomic mass is 16.2. The Morgan fingerprint density at radius 1 is 0.471 bits per heavy atom. The Labute approximate surface area is 305 Å². The third-order valence-electron chi connectivity index (χ3n) is 8.99. The summed E-state index contributed by atoms with van der Waals surface area (Å²) in [6.45, 7) is 27.4. The van der Waals surface area contributed by atoms with E-state index in [2.05, 4.69) is 35.7 Å². The monoisotopic (exact) mass is 721 g/mol. The molecule has 0 saturated carbocycles. The van der Waals surface area contributed by atoms with Crippen molar-refractivity contribution in [3.05, 3.63) is 38.0 Å². The molecule has 9 amide bonds. The van der Waals surface area contributed by atoms with E-state index in [1.807, 2.05) is 60.5 Å². The number of amides is 9. The van der Waals surface area contributed by atoms with Gasteiger partial charge in [0.2, 0.25) is 0 Å². The molecule has 3 N–H and O–H groups in total. The minimum atomic E-state index is -0.771. The maximum Gasteiger partial charge on any atom is 0.325 e. The van der Waals surface area contributed by atoms with Crippen LogP contribution >= 0.6 is 0 Å². The second-order valence-electron chi connectivity index (χ2n) is 16.9. The van der Waals surface area contributed by atoms with Gasteiger partial charge in [-0.1, -0.05) is 19.7 Å². The number of quaternary nitrogens is 3. The van der Waals surface area contributed by atoms with Crippen molar-refractivity contribution in [3.63, 3.8) is 0 Å². The van der Waals surface area contributed by atoms with Crippen molar-refractivity contribution in [2.45, 2.75) is 58.2 Å². The predicted molar refractivity (Wildman–Crippen MR) is 199 cm³/mol. The standard InChI is InChI=1S/3C12H21N3O2/c3*1-6-8-15(4,5)9-7-14-10(16)12(2,3)13-11(14)17/h3*6H,1,7-9H2,2-5H3/p+3. The van der Waals surface area contributed by atoms with Gasteiger partial charge in [-0.05, 0) is 59.8 Å². The largest absolute Gasteiger partial charge is 0.325 e. The van der Waals surface area contributed by atoms with Gasteiger partial charge in [-0.25, -0.2) is 14.4 Å². The van der Waals surface area contributed by atoms with Crippen molar-refractivity contribution < 1.29 is 42.2 Å². The highest BCUT2D eigenvalue weighted by molar-refractivity contribution is 6.07. The molecule has 0 aromatic rings. The van der Waals surface area contributed by atoms with E-state index in [1.165, 1.54) is 14.7 Å². The van der Waals surface area contributed by atoms with Gasteiger partial charge < -0.3 is 29.4 Å². The van der Waals surface area contributed by atoms with Gasteiger partial charge in [0.1, 0.15) is 16.6 Å². The number of nitrogens with one attached hydrogen (secondary N) is 3. The fourth-order valence-electron chi connectivity index (χ4n) is 5.50. The molecule has 0 bridgehead atoms. The van der Waals surface area contributed by atoms with E-state index in [9.17, 15) is 28.8 Å². The highest BCUT2D eigenvalue weighted by Crippen LogP contribution is 2.19. The van der Waals surface area contributed by atoms with Crippen molar-refractivity contribution >= 4 is 35.8 Å². The van der Waals surface area contributed by atoms with Crippen LogP contribution < -0.4 is 16.0 Å². The van der Waals surface area contributed by atoms with E-state index in [-0.39, 0.29) is 35.8 Å². The molecule has 0 aliphatic carbocycles. The molecular weight excluding hydrogens is 654 g/mol. The maximum atomic E-state index is 11.9. The number of rotatable bonds is 15. The molecule has 51 heavy (non-hydrogen) atoms. The maximum absolute atomic E-state index is 11.9. The van der Waals surface area contributed by atoms with Crippen LogP contribution in [0, 0.1) is 0 Å². The van der Waals surface area contributed by atoms with E-state index >= 15 is 0 Å². The van der Waals surface area contributed by atoms with Crippen LogP contribution in [0.25, 0.3) is 0 Å². The smallest absolute Gasteiger partial charge is 0.324 e. The molecule has 288 valence electrons. The Bertz CT molecular complexity index is 1200. The van der Waals surface area contributed by atoms with E-state index < -0.39 is 16.6 Å². The molecule has 0 atom stereocenters. The Kier molecular flexibility index (Phi) is 14.9. The van der Waals surface area contributed by atoms with Crippen LogP contribution in [0.5, 0.6) is 0 Å². The van der Waals surface area contributed by atoms with Gasteiger partial charge in [0.05, 0.1) is 101 Å². The molecule has 3 aliphatic rings. The van der Waals surface area contributed by atoms with E-state index in [0.717, 1.165) is 39.3 Å². The van der Waals surface area contributed by atoms with Crippen LogP contribution in [0.1, 0.15) is 41.5 Å². The van der Waals surface area contributed by atoms with E-state index in [1.54, 1.807) is 41.5 Å². The highest BCUT2D eigenvalue weighted by Gasteiger charge is 2.46. The van der Waals surface area contributed by atoms with Crippen LogP contribution in [0.3, 0.4) is 0 Å². The summed E-state index contributed by atoms with van der Waals surface area (Å²) < 4.78 is 2.13. The number of imide groups is 3. The predicted octanol–water partition coefficient (Wildman–Crippen LogP) is 1.74. The quantitative estimate of drug-likeness (QED) is 0.134. The van der Waals surface area contributed by atoms with Gasteiger partial charge in [0.15, 0.2) is 0 Å². The van der Waals surface area contributed by atoms with Gasteiger partial charge in [0, 0.05) is 0 Å². The molecule has 15 heteroatoms. The molecule has 0 unspecified atom stereocenters. The van der Waals surface area contributed by atoms with E-state index in [4.69, 9.17) is 0 Å². The van der Waals surface area contributed by atoms with Crippen molar-refractivity contribution in [3.8, 4) is 0 Å². The molecule has 3 fully saturated rings. The zero-order valence-corrected chi connectivity index (χ0v) is 33.4. The van der Waals surface area contributed by atoms with Gasteiger partial charge in [-0.15, -0.1) is 0 Å². The summed E-state index contributed by atoms with van der Waals surface area (Å²) in [6.07, 6.45) is 5.53. The molecule has 3 aliphatic heterocycles. The zero-order chi connectivity index (χ0) is 39.8. The lowest BCUT2D eigenvalue weighted by Gasteiger charge is -2.29. The first kappa shape index (κ1) is 44.9. The van der Waals surface area contributed by atoms with Crippen LogP contribution in [0.2, 0.25) is 0 Å². The summed E-state index contributed by atoms with van der Waals surface area (Å²) in [6, 6.07) is -0.879. The summed E-state index contributed by atoms with van der Waals surface area (Å²) >= 11 is 0. The molecule has 3 rings (SSSR count). The first-order valence-corrected chi connectivity index (χ1v) is 17.3. The fourth-order valence-corrected chi connectivity index (χ4v) is 5.50. The molecule has 0 radical (unpaired) electrons. The van der Waals surface area contributed by atoms with Crippen molar-refractivity contribution in [1.29, 1.82) is 0 Å². The minimum absolute atomic E-state index is 0.152. The van der Waals surface area contributed by atoms with Crippen LogP contribution in [-0.2, 0) is 14.4 Å². The number of carbonyl (C=O) groups is 6. The lowest BCUT2D eigenvalue weighted by Crippen LogP contribution is -2.47. The average Bonchev–Trinajstić information content (AvgIpc) is 3.39. The van der Waals surface area contributed by atoms with Crippen LogP contribution in [0.4, 0.5) is 14.4 Å². The minimum Gasteiger partial charge on any atom is -0.324 e. The number of nitrogens with zero attached hydrogens (tertiary/aromatic N) is 6. The SMILES string of the molecule is C=CC[N+](C)(C)CCN1C(=O)NC(C)(C)C1=O.C=CC[N+](C)(C)CCN1C(=O)NC(C)(C)C1=O.C=CC[N+](C)(C)CCN1C(=O)NC(C)(C)C1=O. The number of carbonyl (C=O) groups excluding carboxylic acids is 6. The van der Waals surface area contributed by atoms with Gasteiger partial charge in [0.25, 0.3) is 17.7 Å². The van der Waals surface area contributed by atoms with Gasteiger partial charge in [-0.3, -0.25) is 29.1 Å². The Morgan fingerprint density at radius 3 is 0.804 bits per heavy atom. The van der Waals surface area contributed by atoms with Crippen molar-refractivity contribution in [2.24, 2.45) is 0 Å². The summed E-state index contributed by atoms with van der Waals surface area (Å²) in [4.78, 5) is 74.6. The van der Waals surface area contributed by atoms with Gasteiger partial charge >= 0.3 is 18.1 Å². The second kappa shape index (κ2) is 17.0. The van der Waals surface area contributed by atoms with Crippen molar-refractivity contribution in [1.82, 2.24) is 30.7 Å². The molecule has 0 spiro atoms. The summed E-state index contributed by atoms with van der Waals surface area (Å²) in [5, 5.41) is 8.01. The Hall–Kier alpha value is -4.08. The van der Waals surface area contributed by atoms with E-state index in [0.29, 0.717) is 33.1 Å². The summed E-state index contributed by atoms with van der Waals surface area (Å²) in [5.41, 5.74) is -2.31. The van der Waals surface area contributed by atoms with Crippen LogP contribution in [0.15, 0.2) is 38.0 Å². The number of hydrogen-bond donors (Lipinski definition) is 3. The second-order valence-corrected chi connectivity index (χ2v) is 16.9. The average molecular weight is 721 g/mol. The molecule has 15 nitrogen and oxygen atoms in total. The van der Waals surface area contributed by atoms with Crippen LogP contribution in [-0.4, -0.2) is 182 Å². The first-order chi connectivity index (χ1) is 23.1. The Balaban J connectivity index is 0.000000382. The molecule has 3 saturated heterocycles. The normalized spacial score (nSPS) is 19.4. The summed E-state index contributed by atoms with van der Waals surface area (Å²) in [5.74, 6) is -0.455. The number of likely N-dealkylation sites (N-methyl/N-ethyl adjacent to an activating group) is 3. The molecule has 3 heterocycles.